The van der Waals surface area contributed by atoms with Crippen molar-refractivity contribution in [3.8, 4) is 0 Å². The van der Waals surface area contributed by atoms with Gasteiger partial charge in [-0.25, -0.2) is 0 Å². The van der Waals surface area contributed by atoms with Crippen molar-refractivity contribution >= 4 is 16.8 Å². The Balaban J connectivity index is 3.65. The molecule has 0 saturated heterocycles. The van der Waals surface area contributed by atoms with Crippen LogP contribution in [0.3, 0.4) is 0 Å². The van der Waals surface area contributed by atoms with Crippen molar-refractivity contribution in [2.24, 2.45) is 10.7 Å². The minimum Gasteiger partial charge on any atom is -0.370 e. The minimum absolute atomic E-state index is 0.292. The smallest absolute Gasteiger partial charge is 0.188 e. The maximum atomic E-state index is 11.0. The Morgan fingerprint density at radius 3 is 2.69 bits per heavy atom. The van der Waals surface area contributed by atoms with Crippen LogP contribution in [-0.2, 0) is 10.8 Å². The van der Waals surface area contributed by atoms with Crippen LogP contribution in [0.1, 0.15) is 20.8 Å². The van der Waals surface area contributed by atoms with Crippen LogP contribution in [0.15, 0.2) is 4.99 Å². The molecule has 0 aliphatic heterocycles. The van der Waals surface area contributed by atoms with E-state index in [0.717, 1.165) is 0 Å². The van der Waals surface area contributed by atoms with Crippen LogP contribution in [0.25, 0.3) is 0 Å². The summed E-state index contributed by atoms with van der Waals surface area (Å²) in [6.07, 6.45) is 0. The highest BCUT2D eigenvalue weighted by molar-refractivity contribution is 7.84. The predicted molar refractivity (Wildman–Crippen MR) is 58.3 cm³/mol. The summed E-state index contributed by atoms with van der Waals surface area (Å²) in [4.78, 5) is 4.04. The standard InChI is InChI=1S/C8H19N3OS/c1-4-13(12)6-5-10-8(9)11-7(2)3/h7H,4-6H2,1-3H3,(H3,9,10,11). The van der Waals surface area contributed by atoms with E-state index in [-0.39, 0.29) is 0 Å². The molecule has 78 valence electrons. The summed E-state index contributed by atoms with van der Waals surface area (Å²) in [5.41, 5.74) is 5.54. The lowest BCUT2D eigenvalue weighted by Crippen LogP contribution is -2.37. The van der Waals surface area contributed by atoms with Crippen molar-refractivity contribution in [2.45, 2.75) is 26.8 Å². The molecule has 4 nitrogen and oxygen atoms in total. The second-order valence-corrected chi connectivity index (χ2v) is 4.86. The van der Waals surface area contributed by atoms with Gasteiger partial charge in [0.2, 0.25) is 0 Å². The molecular weight excluding hydrogens is 186 g/mol. The molecule has 0 heterocycles. The van der Waals surface area contributed by atoms with E-state index in [1.165, 1.54) is 0 Å². The number of hydrogen-bond donors (Lipinski definition) is 2. The molecule has 0 fully saturated rings. The molecule has 0 aliphatic rings. The van der Waals surface area contributed by atoms with Gasteiger partial charge in [-0.3, -0.25) is 9.20 Å². The van der Waals surface area contributed by atoms with E-state index in [1.807, 2.05) is 20.8 Å². The van der Waals surface area contributed by atoms with Crippen LogP contribution in [0.4, 0.5) is 0 Å². The van der Waals surface area contributed by atoms with Crippen LogP contribution in [0, 0.1) is 0 Å². The third-order valence-corrected chi connectivity index (χ3v) is 2.64. The Hall–Kier alpha value is -0.580. The molecular formula is C8H19N3OS. The van der Waals surface area contributed by atoms with Crippen molar-refractivity contribution in [3.05, 3.63) is 0 Å². The highest BCUT2D eigenvalue weighted by atomic mass is 32.2. The van der Waals surface area contributed by atoms with Gasteiger partial charge in [-0.15, -0.1) is 0 Å². The number of hydrogen-bond acceptors (Lipinski definition) is 2. The number of aliphatic imine (C=N–C) groups is 1. The fraction of sp³-hybridized carbons (Fsp3) is 0.875. The second-order valence-electron chi connectivity index (χ2n) is 3.00. The maximum absolute atomic E-state index is 11.0. The van der Waals surface area contributed by atoms with Gasteiger partial charge in [-0.05, 0) is 13.8 Å². The Morgan fingerprint density at radius 2 is 2.23 bits per heavy atom. The Bertz CT molecular complexity index is 192. The summed E-state index contributed by atoms with van der Waals surface area (Å²) in [7, 11) is -0.747. The predicted octanol–water partition coefficient (Wildman–Crippen LogP) is 0.0677. The van der Waals surface area contributed by atoms with E-state index in [0.29, 0.717) is 30.1 Å². The average Bonchev–Trinajstić information content (AvgIpc) is 2.02. The number of rotatable bonds is 5. The second kappa shape index (κ2) is 6.88. The zero-order chi connectivity index (χ0) is 10.3. The lowest BCUT2D eigenvalue weighted by Gasteiger charge is -2.07. The van der Waals surface area contributed by atoms with E-state index >= 15 is 0 Å². The normalized spacial score (nSPS) is 14.6. The van der Waals surface area contributed by atoms with E-state index in [4.69, 9.17) is 5.73 Å². The van der Waals surface area contributed by atoms with Gasteiger partial charge in [0, 0.05) is 28.3 Å². The molecule has 0 aromatic rings. The van der Waals surface area contributed by atoms with Crippen molar-refractivity contribution in [1.29, 1.82) is 0 Å². The maximum Gasteiger partial charge on any atom is 0.188 e. The van der Waals surface area contributed by atoms with Gasteiger partial charge in [-0.2, -0.15) is 0 Å². The topological polar surface area (TPSA) is 67.5 Å². The number of nitrogens with two attached hydrogens (primary N) is 1. The van der Waals surface area contributed by atoms with Crippen molar-refractivity contribution in [2.75, 3.05) is 18.1 Å². The summed E-state index contributed by atoms with van der Waals surface area (Å²) in [5, 5.41) is 2.96. The SMILES string of the molecule is CCS(=O)CCN=C(N)NC(C)C. The molecule has 1 unspecified atom stereocenters. The first-order valence-electron chi connectivity index (χ1n) is 4.47. The molecule has 1 atom stereocenters. The van der Waals surface area contributed by atoms with Crippen LogP contribution in [0.2, 0.25) is 0 Å². The van der Waals surface area contributed by atoms with Gasteiger partial charge in [0.1, 0.15) is 0 Å². The summed E-state index contributed by atoms with van der Waals surface area (Å²) >= 11 is 0. The third kappa shape index (κ3) is 7.77. The zero-order valence-electron chi connectivity index (χ0n) is 8.54. The number of guanidine groups is 1. The Kier molecular flexibility index (Phi) is 6.58. The minimum atomic E-state index is -0.747. The van der Waals surface area contributed by atoms with Crippen molar-refractivity contribution < 1.29 is 4.21 Å². The fourth-order valence-electron chi connectivity index (χ4n) is 0.754. The van der Waals surface area contributed by atoms with Gasteiger partial charge >= 0.3 is 0 Å². The first-order valence-corrected chi connectivity index (χ1v) is 5.96. The molecule has 3 N–H and O–H groups in total. The molecule has 0 bridgehead atoms. The lowest BCUT2D eigenvalue weighted by atomic mass is 10.4. The van der Waals surface area contributed by atoms with Gasteiger partial charge < -0.3 is 11.1 Å². The average molecular weight is 205 g/mol. The van der Waals surface area contributed by atoms with Gasteiger partial charge in [0.25, 0.3) is 0 Å². The molecule has 13 heavy (non-hydrogen) atoms. The van der Waals surface area contributed by atoms with E-state index < -0.39 is 10.8 Å². The summed E-state index contributed by atoms with van der Waals surface area (Å²) in [5.74, 6) is 1.72. The molecule has 0 aromatic carbocycles. The lowest BCUT2D eigenvalue weighted by molar-refractivity contribution is 0.683. The van der Waals surface area contributed by atoms with Gasteiger partial charge in [-0.1, -0.05) is 6.92 Å². The fourth-order valence-corrected chi connectivity index (χ4v) is 1.34. The van der Waals surface area contributed by atoms with E-state index in [9.17, 15) is 4.21 Å². The van der Waals surface area contributed by atoms with Crippen molar-refractivity contribution in [3.63, 3.8) is 0 Å². The molecule has 0 rings (SSSR count). The molecule has 0 saturated carbocycles. The first-order chi connectivity index (χ1) is 6.06. The first kappa shape index (κ1) is 12.4. The van der Waals surface area contributed by atoms with Crippen LogP contribution < -0.4 is 11.1 Å². The molecule has 0 aromatic heterocycles. The quantitative estimate of drug-likeness (QED) is 0.493. The van der Waals surface area contributed by atoms with Gasteiger partial charge in [0.05, 0.1) is 6.54 Å². The number of nitrogens with zero attached hydrogens (tertiary/aromatic N) is 1. The molecule has 0 radical (unpaired) electrons. The van der Waals surface area contributed by atoms with E-state index in [1.54, 1.807) is 0 Å². The van der Waals surface area contributed by atoms with E-state index in [2.05, 4.69) is 10.3 Å². The molecule has 0 aliphatic carbocycles. The summed E-state index contributed by atoms with van der Waals surface area (Å²) in [6.45, 7) is 6.42. The molecule has 5 heteroatoms. The Morgan fingerprint density at radius 1 is 1.62 bits per heavy atom. The monoisotopic (exact) mass is 205 g/mol. The highest BCUT2D eigenvalue weighted by Crippen LogP contribution is 1.82. The number of nitrogens with one attached hydrogen (secondary N) is 1. The highest BCUT2D eigenvalue weighted by Gasteiger charge is 1.96. The van der Waals surface area contributed by atoms with Crippen LogP contribution in [-0.4, -0.2) is 34.3 Å². The van der Waals surface area contributed by atoms with Crippen LogP contribution in [0.5, 0.6) is 0 Å². The summed E-state index contributed by atoms with van der Waals surface area (Å²) < 4.78 is 11.0. The molecule has 0 amide bonds. The summed E-state index contributed by atoms with van der Waals surface area (Å²) in [6, 6.07) is 0.292. The van der Waals surface area contributed by atoms with Crippen LogP contribution >= 0.6 is 0 Å². The Labute approximate surface area is 82.5 Å². The van der Waals surface area contributed by atoms with Gasteiger partial charge in [0.15, 0.2) is 5.96 Å². The molecule has 0 spiro atoms. The largest absolute Gasteiger partial charge is 0.370 e. The zero-order valence-corrected chi connectivity index (χ0v) is 9.36. The van der Waals surface area contributed by atoms with Crippen molar-refractivity contribution in [1.82, 2.24) is 5.32 Å². The third-order valence-electron chi connectivity index (χ3n) is 1.36.